The quantitative estimate of drug-likeness (QED) is 0.491. The van der Waals surface area contributed by atoms with Crippen LogP contribution in [0.15, 0.2) is 30.6 Å². The molecule has 2 saturated carbocycles. The van der Waals surface area contributed by atoms with Gasteiger partial charge in [0.2, 0.25) is 5.28 Å². The standard InChI is InChI=1S/C20H21ClFN5O3/c21-20-25-18(23-8-10-3-1-2-4-13(10)30-6-5-22)14-19(26-20)27(9-24-14)15-11-7-12(11)16(28)17(15)29/h1-4,9,11-12,15-17,28-29H,5-8H2,(H,23,25,26)/t11-,12+,15+,16+,17-/m0/s1. The molecule has 0 aliphatic heterocycles. The maximum Gasteiger partial charge on any atom is 0.226 e. The summed E-state index contributed by atoms with van der Waals surface area (Å²) in [6.07, 6.45) is 0.895. The lowest BCUT2D eigenvalue weighted by Gasteiger charge is -2.22. The lowest BCUT2D eigenvalue weighted by Crippen LogP contribution is -2.31. The number of alkyl halides is 1. The molecule has 2 aliphatic carbocycles. The van der Waals surface area contributed by atoms with Crippen LogP contribution in [0.4, 0.5) is 10.2 Å². The molecule has 5 rings (SSSR count). The maximum absolute atomic E-state index is 12.5. The van der Waals surface area contributed by atoms with Gasteiger partial charge in [0.25, 0.3) is 0 Å². The van der Waals surface area contributed by atoms with E-state index in [1.165, 1.54) is 0 Å². The Morgan fingerprint density at radius 1 is 1.20 bits per heavy atom. The minimum atomic E-state index is -0.865. The van der Waals surface area contributed by atoms with Gasteiger partial charge in [-0.05, 0) is 35.9 Å². The second-order valence-electron chi connectivity index (χ2n) is 7.70. The number of anilines is 1. The highest BCUT2D eigenvalue weighted by atomic mass is 35.5. The van der Waals surface area contributed by atoms with E-state index in [2.05, 4.69) is 20.3 Å². The number of nitrogens with zero attached hydrogens (tertiary/aromatic N) is 4. The number of nitrogens with one attached hydrogen (secondary N) is 1. The summed E-state index contributed by atoms with van der Waals surface area (Å²) in [5.41, 5.74) is 1.86. The summed E-state index contributed by atoms with van der Waals surface area (Å²) in [7, 11) is 0. The number of aliphatic hydroxyl groups is 2. The Labute approximate surface area is 176 Å². The van der Waals surface area contributed by atoms with Crippen LogP contribution in [-0.4, -0.2) is 55.2 Å². The number of benzene rings is 1. The third-order valence-corrected chi connectivity index (χ3v) is 6.11. The van der Waals surface area contributed by atoms with Crippen molar-refractivity contribution in [2.24, 2.45) is 11.8 Å². The van der Waals surface area contributed by atoms with E-state index in [4.69, 9.17) is 16.3 Å². The Kier molecular flexibility index (Phi) is 4.96. The Morgan fingerprint density at radius 3 is 2.80 bits per heavy atom. The number of aromatic nitrogens is 4. The molecular weight excluding hydrogens is 413 g/mol. The summed E-state index contributed by atoms with van der Waals surface area (Å²) >= 11 is 6.17. The molecule has 0 unspecified atom stereocenters. The van der Waals surface area contributed by atoms with Crippen molar-refractivity contribution in [1.29, 1.82) is 0 Å². The van der Waals surface area contributed by atoms with Gasteiger partial charge in [0.1, 0.15) is 25.1 Å². The average Bonchev–Trinajstić information content (AvgIpc) is 3.36. The van der Waals surface area contributed by atoms with Gasteiger partial charge in [-0.3, -0.25) is 0 Å². The van der Waals surface area contributed by atoms with Crippen LogP contribution in [-0.2, 0) is 6.54 Å². The summed E-state index contributed by atoms with van der Waals surface area (Å²) < 4.78 is 19.7. The smallest absolute Gasteiger partial charge is 0.226 e. The van der Waals surface area contributed by atoms with Crippen molar-refractivity contribution in [3.63, 3.8) is 0 Å². The summed E-state index contributed by atoms with van der Waals surface area (Å²) in [5.74, 6) is 1.37. The van der Waals surface area contributed by atoms with Crippen LogP contribution in [0.5, 0.6) is 5.75 Å². The minimum Gasteiger partial charge on any atom is -0.491 e. The second kappa shape index (κ2) is 7.64. The summed E-state index contributed by atoms with van der Waals surface area (Å²) in [6, 6.07) is 7.06. The number of hydrogen-bond acceptors (Lipinski definition) is 7. The molecule has 2 aliphatic rings. The molecule has 1 aromatic carbocycles. The van der Waals surface area contributed by atoms with Gasteiger partial charge < -0.3 is 24.8 Å². The van der Waals surface area contributed by atoms with Crippen LogP contribution in [0, 0.1) is 11.8 Å². The van der Waals surface area contributed by atoms with Crippen LogP contribution < -0.4 is 10.1 Å². The molecule has 10 heteroatoms. The molecule has 2 fully saturated rings. The van der Waals surface area contributed by atoms with Gasteiger partial charge in [0, 0.05) is 12.1 Å². The van der Waals surface area contributed by atoms with Gasteiger partial charge in [-0.2, -0.15) is 9.97 Å². The van der Waals surface area contributed by atoms with E-state index in [1.54, 1.807) is 17.0 Å². The van der Waals surface area contributed by atoms with Gasteiger partial charge in [-0.15, -0.1) is 0 Å². The van der Waals surface area contributed by atoms with E-state index in [9.17, 15) is 14.6 Å². The fraction of sp³-hybridized carbons (Fsp3) is 0.450. The molecule has 0 saturated heterocycles. The molecule has 30 heavy (non-hydrogen) atoms. The summed E-state index contributed by atoms with van der Waals surface area (Å²) in [6.45, 7) is -0.207. The highest BCUT2D eigenvalue weighted by Gasteiger charge is 2.60. The molecule has 0 radical (unpaired) electrons. The Hall–Kier alpha value is -2.49. The monoisotopic (exact) mass is 433 g/mol. The fourth-order valence-electron chi connectivity index (χ4n) is 4.45. The van der Waals surface area contributed by atoms with E-state index in [1.807, 2.05) is 18.2 Å². The van der Waals surface area contributed by atoms with Gasteiger partial charge in [0.15, 0.2) is 17.0 Å². The first kappa shape index (κ1) is 19.5. The Balaban J connectivity index is 1.43. The third kappa shape index (κ3) is 3.27. The zero-order chi connectivity index (χ0) is 20.8. The molecule has 3 aromatic rings. The van der Waals surface area contributed by atoms with Crippen LogP contribution in [0.1, 0.15) is 18.0 Å². The number of rotatable bonds is 7. The number of imidazole rings is 1. The van der Waals surface area contributed by atoms with Crippen LogP contribution in [0.2, 0.25) is 5.28 Å². The van der Waals surface area contributed by atoms with Crippen LogP contribution >= 0.6 is 11.6 Å². The largest absolute Gasteiger partial charge is 0.491 e. The molecule has 2 aromatic heterocycles. The van der Waals surface area contributed by atoms with Crippen molar-refractivity contribution >= 4 is 28.6 Å². The first-order chi connectivity index (χ1) is 14.6. The Morgan fingerprint density at radius 2 is 2.03 bits per heavy atom. The highest BCUT2D eigenvalue weighted by molar-refractivity contribution is 6.28. The fourth-order valence-corrected chi connectivity index (χ4v) is 4.61. The molecular formula is C20H21ClFN5O3. The van der Waals surface area contributed by atoms with Gasteiger partial charge in [-0.1, -0.05) is 18.2 Å². The van der Waals surface area contributed by atoms with Gasteiger partial charge in [-0.25, -0.2) is 9.37 Å². The number of ether oxygens (including phenoxy) is 1. The van der Waals surface area contributed by atoms with Gasteiger partial charge >= 0.3 is 0 Å². The molecule has 158 valence electrons. The van der Waals surface area contributed by atoms with Crippen molar-refractivity contribution in [2.75, 3.05) is 18.6 Å². The molecule has 8 nitrogen and oxygen atoms in total. The zero-order valence-electron chi connectivity index (χ0n) is 15.9. The first-order valence-corrected chi connectivity index (χ1v) is 10.2. The van der Waals surface area contributed by atoms with Crippen LogP contribution in [0.25, 0.3) is 11.2 Å². The van der Waals surface area contributed by atoms with Crippen molar-refractivity contribution in [1.82, 2.24) is 19.5 Å². The third-order valence-electron chi connectivity index (χ3n) is 5.94. The van der Waals surface area contributed by atoms with Crippen molar-refractivity contribution < 1.29 is 19.3 Å². The lowest BCUT2D eigenvalue weighted by molar-refractivity contribution is 0.00386. The molecule has 0 bridgehead atoms. The molecule has 0 spiro atoms. The normalized spacial score (nSPS) is 27.3. The number of hydrogen-bond donors (Lipinski definition) is 3. The molecule has 0 amide bonds. The maximum atomic E-state index is 12.5. The number of para-hydroxylation sites is 1. The van der Waals surface area contributed by atoms with E-state index in [-0.39, 0.29) is 29.8 Å². The number of aliphatic hydroxyl groups excluding tert-OH is 2. The predicted octanol–water partition coefficient (Wildman–Crippen LogP) is 2.35. The van der Waals surface area contributed by atoms with E-state index in [0.717, 1.165) is 12.0 Å². The van der Waals surface area contributed by atoms with E-state index in [0.29, 0.717) is 29.3 Å². The van der Waals surface area contributed by atoms with E-state index >= 15 is 0 Å². The van der Waals surface area contributed by atoms with Crippen molar-refractivity contribution in [3.05, 3.63) is 41.4 Å². The lowest BCUT2D eigenvalue weighted by atomic mass is 10.1. The average molecular weight is 434 g/mol. The van der Waals surface area contributed by atoms with Gasteiger partial charge in [0.05, 0.1) is 18.5 Å². The molecule has 3 N–H and O–H groups in total. The molecule has 5 atom stereocenters. The summed E-state index contributed by atoms with van der Waals surface area (Å²) in [5, 5.41) is 23.9. The second-order valence-corrected chi connectivity index (χ2v) is 8.04. The highest BCUT2D eigenvalue weighted by Crippen LogP contribution is 2.57. The number of fused-ring (bicyclic) bond motifs is 2. The zero-order valence-corrected chi connectivity index (χ0v) is 16.7. The molecule has 2 heterocycles. The van der Waals surface area contributed by atoms with Crippen molar-refractivity contribution in [3.8, 4) is 5.75 Å². The number of halogens is 2. The van der Waals surface area contributed by atoms with E-state index < -0.39 is 18.9 Å². The Bertz CT molecular complexity index is 1080. The topological polar surface area (TPSA) is 105 Å². The SMILES string of the molecule is O[C@@H]1[C@H](O)[C@@H]2C[C@@H]2[C@H]1n1cnc2c(NCc3ccccc3OCCF)nc(Cl)nc21. The summed E-state index contributed by atoms with van der Waals surface area (Å²) in [4.78, 5) is 13.0. The predicted molar refractivity (Wildman–Crippen MR) is 108 cm³/mol. The van der Waals surface area contributed by atoms with Crippen molar-refractivity contribution in [2.45, 2.75) is 31.2 Å². The first-order valence-electron chi connectivity index (χ1n) is 9.85. The van der Waals surface area contributed by atoms with Crippen LogP contribution in [0.3, 0.4) is 0 Å². The minimum absolute atomic E-state index is 0.0112.